The maximum Gasteiger partial charge on any atom is 0.273 e. The van der Waals surface area contributed by atoms with Crippen LogP contribution in [0.25, 0.3) is 0 Å². The van der Waals surface area contributed by atoms with Crippen molar-refractivity contribution in [3.63, 3.8) is 0 Å². The van der Waals surface area contributed by atoms with Crippen molar-refractivity contribution in [3.05, 3.63) is 96.7 Å². The van der Waals surface area contributed by atoms with Crippen LogP contribution in [-0.2, 0) is 16.6 Å². The number of carbonyl (C=O) groups excluding carboxylic acids is 2. The Labute approximate surface area is 234 Å². The van der Waals surface area contributed by atoms with Gasteiger partial charge in [0.1, 0.15) is 6.54 Å². The Bertz CT molecular complexity index is 1370. The van der Waals surface area contributed by atoms with Gasteiger partial charge in [0.05, 0.1) is 11.0 Å². The quantitative estimate of drug-likeness (QED) is 0.244. The summed E-state index contributed by atoms with van der Waals surface area (Å²) in [6, 6.07) is 14.7. The van der Waals surface area contributed by atoms with E-state index in [-0.39, 0.29) is 47.1 Å². The molecule has 0 aliphatic carbocycles. The van der Waals surface area contributed by atoms with Gasteiger partial charge in [-0.2, -0.15) is 0 Å². The molecule has 2 amide bonds. The van der Waals surface area contributed by atoms with E-state index in [9.17, 15) is 19.7 Å². The lowest BCUT2D eigenvalue weighted by Gasteiger charge is -2.38. The molecule has 2 unspecified atom stereocenters. The Morgan fingerprint density at radius 1 is 1.15 bits per heavy atom. The van der Waals surface area contributed by atoms with Crippen LogP contribution in [0.1, 0.15) is 84.6 Å². The van der Waals surface area contributed by atoms with Gasteiger partial charge in [-0.1, -0.05) is 58.0 Å². The molecule has 2 atom stereocenters. The highest BCUT2D eigenvalue weighted by atomic mass is 32.1. The number of hydrogen-bond donors (Lipinski definition) is 0. The third-order valence-corrected chi connectivity index (χ3v) is 8.72. The van der Waals surface area contributed by atoms with Crippen LogP contribution in [0.5, 0.6) is 0 Å². The lowest BCUT2D eigenvalue weighted by Crippen LogP contribution is -2.49. The molecule has 0 spiro atoms. The van der Waals surface area contributed by atoms with Crippen molar-refractivity contribution < 1.29 is 14.5 Å². The summed E-state index contributed by atoms with van der Waals surface area (Å²) in [5, 5.41) is 13.6. The summed E-state index contributed by atoms with van der Waals surface area (Å²) in [7, 11) is 0. The molecule has 1 aliphatic heterocycles. The second-order valence-electron chi connectivity index (χ2n) is 11.4. The number of nitro groups is 1. The molecule has 0 N–H and O–H groups in total. The van der Waals surface area contributed by atoms with Crippen molar-refractivity contribution in [2.45, 2.75) is 71.9 Å². The van der Waals surface area contributed by atoms with Crippen LogP contribution >= 0.6 is 11.3 Å². The van der Waals surface area contributed by atoms with E-state index in [0.29, 0.717) is 18.5 Å². The van der Waals surface area contributed by atoms with Gasteiger partial charge >= 0.3 is 0 Å². The molecule has 0 bridgehead atoms. The summed E-state index contributed by atoms with van der Waals surface area (Å²) in [6.45, 7) is 12.5. The summed E-state index contributed by atoms with van der Waals surface area (Å²) < 4.78 is 0. The minimum absolute atomic E-state index is 0.0242. The first kappa shape index (κ1) is 28.5. The maximum atomic E-state index is 14.0. The molecule has 7 nitrogen and oxygen atoms in total. The van der Waals surface area contributed by atoms with Crippen molar-refractivity contribution in [2.24, 2.45) is 0 Å². The smallest absolute Gasteiger partial charge is 0.273 e. The third-order valence-electron chi connectivity index (χ3n) is 7.72. The molecule has 3 aromatic rings. The zero-order valence-corrected chi connectivity index (χ0v) is 24.4. The second-order valence-corrected chi connectivity index (χ2v) is 12.4. The van der Waals surface area contributed by atoms with Crippen molar-refractivity contribution in [3.8, 4) is 0 Å². The largest absolute Gasteiger partial charge is 0.330 e. The Balaban J connectivity index is 1.66. The van der Waals surface area contributed by atoms with E-state index in [0.717, 1.165) is 17.5 Å². The molecule has 206 valence electrons. The normalized spacial score (nSPS) is 15.9. The van der Waals surface area contributed by atoms with E-state index in [1.54, 1.807) is 35.3 Å². The Morgan fingerprint density at radius 2 is 1.85 bits per heavy atom. The monoisotopic (exact) mass is 547 g/mol. The highest BCUT2D eigenvalue weighted by Crippen LogP contribution is 2.38. The molecule has 0 saturated carbocycles. The lowest BCUT2D eigenvalue weighted by molar-refractivity contribution is -0.385. The van der Waals surface area contributed by atoms with Gasteiger partial charge in [-0.3, -0.25) is 19.7 Å². The average Bonchev–Trinajstić information content (AvgIpc) is 3.39. The molecule has 0 fully saturated rings. The van der Waals surface area contributed by atoms with Crippen molar-refractivity contribution >= 4 is 28.8 Å². The summed E-state index contributed by atoms with van der Waals surface area (Å²) >= 11 is 1.72. The van der Waals surface area contributed by atoms with E-state index in [1.807, 2.05) is 18.7 Å². The minimum Gasteiger partial charge on any atom is -0.330 e. The molecule has 2 aromatic carbocycles. The molecular weight excluding hydrogens is 510 g/mol. The van der Waals surface area contributed by atoms with Gasteiger partial charge in [0.2, 0.25) is 5.91 Å². The van der Waals surface area contributed by atoms with Gasteiger partial charge in [-0.05, 0) is 66.3 Å². The minimum atomic E-state index is -0.480. The number of thiophene rings is 1. The molecule has 1 aliphatic rings. The predicted octanol–water partition coefficient (Wildman–Crippen LogP) is 6.68. The number of carbonyl (C=O) groups is 2. The Hall–Kier alpha value is -3.52. The van der Waals surface area contributed by atoms with Gasteiger partial charge in [-0.25, -0.2) is 0 Å². The van der Waals surface area contributed by atoms with Gasteiger partial charge in [0.25, 0.3) is 11.6 Å². The first-order valence-electron chi connectivity index (χ1n) is 13.4. The number of benzene rings is 2. The highest BCUT2D eigenvalue weighted by Gasteiger charge is 2.35. The number of fused-ring (bicyclic) bond motifs is 1. The predicted molar refractivity (Wildman–Crippen MR) is 155 cm³/mol. The van der Waals surface area contributed by atoms with Crippen LogP contribution in [0.3, 0.4) is 0 Å². The topological polar surface area (TPSA) is 83.8 Å². The van der Waals surface area contributed by atoms with Crippen LogP contribution in [-0.4, -0.2) is 45.7 Å². The molecule has 0 radical (unpaired) electrons. The fourth-order valence-corrected chi connectivity index (χ4v) is 6.00. The number of nitro benzene ring substituents is 1. The number of amides is 2. The van der Waals surface area contributed by atoms with Crippen LogP contribution in [0.2, 0.25) is 0 Å². The molecular formula is C31H37N3O4S. The molecule has 8 heteroatoms. The molecule has 2 heterocycles. The average molecular weight is 548 g/mol. The van der Waals surface area contributed by atoms with Gasteiger partial charge in [0, 0.05) is 34.7 Å². The Morgan fingerprint density at radius 3 is 2.46 bits per heavy atom. The van der Waals surface area contributed by atoms with E-state index < -0.39 is 4.92 Å². The van der Waals surface area contributed by atoms with Crippen LogP contribution in [0, 0.1) is 17.0 Å². The van der Waals surface area contributed by atoms with Crippen molar-refractivity contribution in [1.29, 1.82) is 0 Å². The number of aryl methyl sites for hydroxylation is 1. The molecule has 39 heavy (non-hydrogen) atoms. The van der Waals surface area contributed by atoms with E-state index in [4.69, 9.17) is 0 Å². The fraction of sp³-hybridized carbons (Fsp3) is 0.419. The standard InChI is InChI=1S/C31H37N3O4S/c1-7-21(3)33(30(36)23-9-8-20(2)26(18-23)34(37)38)19-28(35)32-16-14-27-25(15-17-39-27)29(32)22-10-12-24(13-11-22)31(4,5)6/h8-13,15,17-18,21,29H,7,14,16,19H2,1-6H3. The van der Waals surface area contributed by atoms with Crippen LogP contribution in [0.4, 0.5) is 5.69 Å². The Kier molecular flexibility index (Phi) is 8.25. The first-order chi connectivity index (χ1) is 18.4. The van der Waals surface area contributed by atoms with Crippen molar-refractivity contribution in [2.75, 3.05) is 13.1 Å². The highest BCUT2D eigenvalue weighted by molar-refractivity contribution is 7.10. The fourth-order valence-electron chi connectivity index (χ4n) is 5.10. The summed E-state index contributed by atoms with van der Waals surface area (Å²) in [5.41, 5.74) is 4.04. The zero-order chi connectivity index (χ0) is 28.5. The molecule has 4 rings (SSSR count). The molecule has 0 saturated heterocycles. The number of hydrogen-bond acceptors (Lipinski definition) is 5. The molecule has 1 aromatic heterocycles. The lowest BCUT2D eigenvalue weighted by atomic mass is 9.85. The SMILES string of the molecule is CCC(C)N(CC(=O)N1CCc2sccc2C1c1ccc(C(C)(C)C)cc1)C(=O)c1ccc(C)c([N+](=O)[O-])c1. The summed E-state index contributed by atoms with van der Waals surface area (Å²) in [6.07, 6.45) is 1.43. The zero-order valence-electron chi connectivity index (χ0n) is 23.6. The second kappa shape index (κ2) is 11.3. The summed E-state index contributed by atoms with van der Waals surface area (Å²) in [5.74, 6) is -0.507. The van der Waals surface area contributed by atoms with E-state index in [1.165, 1.54) is 16.5 Å². The first-order valence-corrected chi connectivity index (χ1v) is 14.3. The maximum absolute atomic E-state index is 14.0. The van der Waals surface area contributed by atoms with Gasteiger partial charge in [0.15, 0.2) is 0 Å². The van der Waals surface area contributed by atoms with E-state index >= 15 is 0 Å². The van der Waals surface area contributed by atoms with Gasteiger partial charge in [-0.15, -0.1) is 11.3 Å². The number of rotatable bonds is 7. The number of nitrogens with zero attached hydrogens (tertiary/aromatic N) is 3. The van der Waals surface area contributed by atoms with Gasteiger partial charge < -0.3 is 9.80 Å². The third kappa shape index (κ3) is 5.91. The van der Waals surface area contributed by atoms with Crippen molar-refractivity contribution in [1.82, 2.24) is 9.80 Å². The van der Waals surface area contributed by atoms with E-state index in [2.05, 4.69) is 56.5 Å². The van der Waals surface area contributed by atoms with Crippen LogP contribution < -0.4 is 0 Å². The summed E-state index contributed by atoms with van der Waals surface area (Å²) in [4.78, 5) is 43.3. The van der Waals surface area contributed by atoms with Crippen LogP contribution in [0.15, 0.2) is 53.9 Å².